The Hall–Kier alpha value is -2.82. The minimum atomic E-state index is -0.250. The number of carbonyl (C=O) groups is 1. The van der Waals surface area contributed by atoms with Crippen LogP contribution in [0, 0.1) is 6.92 Å². The average molecular weight is 308 g/mol. The van der Waals surface area contributed by atoms with Gasteiger partial charge in [0.05, 0.1) is 17.4 Å². The zero-order valence-corrected chi connectivity index (χ0v) is 13.5. The molecule has 2 amide bonds. The minimum Gasteiger partial charge on any atom is -0.345 e. The topological polar surface area (TPSA) is 69.8 Å². The molecule has 0 saturated heterocycles. The number of amides is 2. The van der Waals surface area contributed by atoms with Gasteiger partial charge in [0, 0.05) is 11.4 Å². The van der Waals surface area contributed by atoms with Crippen molar-refractivity contribution >= 4 is 28.4 Å². The van der Waals surface area contributed by atoms with E-state index in [9.17, 15) is 4.79 Å². The summed E-state index contributed by atoms with van der Waals surface area (Å²) in [5.74, 6) is 0.339. The van der Waals surface area contributed by atoms with Crippen molar-refractivity contribution in [3.8, 4) is 0 Å². The smallest absolute Gasteiger partial charge is 0.323 e. The van der Waals surface area contributed by atoms with Gasteiger partial charge in [-0.3, -0.25) is 0 Å². The van der Waals surface area contributed by atoms with Gasteiger partial charge in [-0.1, -0.05) is 32.0 Å². The quantitative estimate of drug-likeness (QED) is 0.659. The molecule has 3 rings (SSSR count). The first kappa shape index (κ1) is 15.1. The number of nitrogens with one attached hydrogen (secondary N) is 3. The molecule has 23 heavy (non-hydrogen) atoms. The van der Waals surface area contributed by atoms with Crippen molar-refractivity contribution in [2.45, 2.75) is 26.7 Å². The fourth-order valence-corrected chi connectivity index (χ4v) is 2.63. The number of aryl methyl sites for hydroxylation is 1. The second kappa shape index (κ2) is 6.12. The van der Waals surface area contributed by atoms with E-state index in [1.807, 2.05) is 43.3 Å². The van der Waals surface area contributed by atoms with Crippen molar-refractivity contribution in [1.29, 1.82) is 0 Å². The lowest BCUT2D eigenvalue weighted by atomic mass is 9.98. The van der Waals surface area contributed by atoms with E-state index in [1.54, 1.807) is 6.33 Å². The predicted octanol–water partition coefficient (Wildman–Crippen LogP) is 4.64. The van der Waals surface area contributed by atoms with Crippen molar-refractivity contribution in [2.24, 2.45) is 0 Å². The van der Waals surface area contributed by atoms with Gasteiger partial charge in [0.1, 0.15) is 0 Å². The molecule has 0 aliphatic rings. The Morgan fingerprint density at radius 3 is 2.78 bits per heavy atom. The summed E-state index contributed by atoms with van der Waals surface area (Å²) >= 11 is 0. The van der Waals surface area contributed by atoms with Crippen LogP contribution in [0.1, 0.15) is 30.9 Å². The third-order valence-electron chi connectivity index (χ3n) is 3.84. The number of urea groups is 1. The lowest BCUT2D eigenvalue weighted by Gasteiger charge is -2.16. The van der Waals surface area contributed by atoms with Crippen LogP contribution in [-0.4, -0.2) is 16.0 Å². The van der Waals surface area contributed by atoms with E-state index < -0.39 is 0 Å². The van der Waals surface area contributed by atoms with Gasteiger partial charge in [0.2, 0.25) is 0 Å². The van der Waals surface area contributed by atoms with Crippen molar-refractivity contribution in [1.82, 2.24) is 9.97 Å². The Balaban J connectivity index is 1.79. The van der Waals surface area contributed by atoms with E-state index in [1.165, 1.54) is 0 Å². The summed E-state index contributed by atoms with van der Waals surface area (Å²) in [6, 6.07) is 11.4. The molecule has 0 fully saturated rings. The molecule has 0 atom stereocenters. The second-order valence-corrected chi connectivity index (χ2v) is 5.91. The lowest BCUT2D eigenvalue weighted by Crippen LogP contribution is -2.21. The van der Waals surface area contributed by atoms with Crippen molar-refractivity contribution in [2.75, 3.05) is 10.6 Å². The largest absolute Gasteiger partial charge is 0.345 e. The van der Waals surface area contributed by atoms with Crippen molar-refractivity contribution in [3.05, 3.63) is 53.9 Å². The van der Waals surface area contributed by atoms with Crippen LogP contribution >= 0.6 is 0 Å². The zero-order chi connectivity index (χ0) is 16.4. The molecule has 1 heterocycles. The number of benzene rings is 2. The summed E-state index contributed by atoms with van der Waals surface area (Å²) in [5, 5.41) is 5.84. The molecular weight excluding hydrogens is 288 g/mol. The summed E-state index contributed by atoms with van der Waals surface area (Å²) in [4.78, 5) is 19.5. The molecule has 0 aliphatic heterocycles. The summed E-state index contributed by atoms with van der Waals surface area (Å²) in [6.45, 7) is 6.23. The number of imidazole rings is 1. The maximum absolute atomic E-state index is 12.3. The molecule has 2 aromatic carbocycles. The molecule has 118 valence electrons. The monoisotopic (exact) mass is 308 g/mol. The highest BCUT2D eigenvalue weighted by Gasteiger charge is 2.12. The van der Waals surface area contributed by atoms with E-state index >= 15 is 0 Å². The number of para-hydroxylation sites is 1. The summed E-state index contributed by atoms with van der Waals surface area (Å²) in [7, 11) is 0. The Labute approximate surface area is 135 Å². The number of anilines is 2. The molecule has 3 N–H and O–H groups in total. The maximum atomic E-state index is 12.3. The molecular formula is C18H20N4O. The second-order valence-electron chi connectivity index (χ2n) is 5.91. The number of carbonyl (C=O) groups excluding carboxylic acids is 1. The Kier molecular flexibility index (Phi) is 4.02. The fraction of sp³-hybridized carbons (Fsp3) is 0.222. The number of rotatable bonds is 3. The van der Waals surface area contributed by atoms with Crippen LogP contribution in [0.15, 0.2) is 42.7 Å². The van der Waals surface area contributed by atoms with Gasteiger partial charge in [-0.25, -0.2) is 9.78 Å². The van der Waals surface area contributed by atoms with Crippen LogP contribution in [0.4, 0.5) is 16.2 Å². The molecule has 5 heteroatoms. The summed E-state index contributed by atoms with van der Waals surface area (Å²) < 4.78 is 0. The lowest BCUT2D eigenvalue weighted by molar-refractivity contribution is 0.262. The molecule has 3 aromatic rings. The summed E-state index contributed by atoms with van der Waals surface area (Å²) in [5.41, 5.74) is 5.54. The first-order valence-electron chi connectivity index (χ1n) is 7.65. The van der Waals surface area contributed by atoms with Crippen molar-refractivity contribution < 1.29 is 4.79 Å². The zero-order valence-electron chi connectivity index (χ0n) is 13.5. The Bertz CT molecular complexity index is 851. The van der Waals surface area contributed by atoms with Gasteiger partial charge in [0.15, 0.2) is 0 Å². The van der Waals surface area contributed by atoms with E-state index in [2.05, 4.69) is 34.4 Å². The van der Waals surface area contributed by atoms with Crippen molar-refractivity contribution in [3.63, 3.8) is 0 Å². The van der Waals surface area contributed by atoms with E-state index in [0.29, 0.717) is 5.92 Å². The van der Waals surface area contributed by atoms with Gasteiger partial charge in [-0.15, -0.1) is 0 Å². The number of nitrogens with zero attached hydrogens (tertiary/aromatic N) is 1. The average Bonchev–Trinajstić information content (AvgIpc) is 2.96. The van der Waals surface area contributed by atoms with E-state index in [-0.39, 0.29) is 6.03 Å². The third-order valence-corrected chi connectivity index (χ3v) is 3.84. The highest BCUT2D eigenvalue weighted by atomic mass is 16.2. The van der Waals surface area contributed by atoms with Crippen LogP contribution in [0.25, 0.3) is 11.0 Å². The first-order valence-corrected chi connectivity index (χ1v) is 7.65. The number of aromatic nitrogens is 2. The van der Waals surface area contributed by atoms with Crippen LogP contribution in [-0.2, 0) is 0 Å². The van der Waals surface area contributed by atoms with E-state index in [0.717, 1.165) is 33.5 Å². The molecule has 0 spiro atoms. The van der Waals surface area contributed by atoms with Gasteiger partial charge >= 0.3 is 6.03 Å². The number of hydrogen-bond donors (Lipinski definition) is 3. The number of hydrogen-bond acceptors (Lipinski definition) is 2. The molecule has 1 aromatic heterocycles. The molecule has 0 radical (unpaired) electrons. The molecule has 0 saturated carbocycles. The van der Waals surface area contributed by atoms with Crippen LogP contribution < -0.4 is 10.6 Å². The SMILES string of the molecule is Cc1cccc(C(C)C)c1NC(=O)Nc1ccc2nc[nH]c2c1. The number of fused-ring (bicyclic) bond motifs is 1. The van der Waals surface area contributed by atoms with Crippen LogP contribution in [0.2, 0.25) is 0 Å². The number of aromatic amines is 1. The van der Waals surface area contributed by atoms with Crippen LogP contribution in [0.3, 0.4) is 0 Å². The standard InChI is InChI=1S/C18H20N4O/c1-11(2)14-6-4-5-12(3)17(14)22-18(23)21-13-7-8-15-16(9-13)20-10-19-15/h4-11H,1-3H3,(H,19,20)(H2,21,22,23). The highest BCUT2D eigenvalue weighted by molar-refractivity contribution is 6.01. The normalized spacial score (nSPS) is 11.0. The van der Waals surface area contributed by atoms with E-state index in [4.69, 9.17) is 0 Å². The first-order chi connectivity index (χ1) is 11.0. The van der Waals surface area contributed by atoms with Gasteiger partial charge in [-0.05, 0) is 42.2 Å². The van der Waals surface area contributed by atoms with Gasteiger partial charge < -0.3 is 15.6 Å². The maximum Gasteiger partial charge on any atom is 0.323 e. The fourth-order valence-electron chi connectivity index (χ4n) is 2.63. The highest BCUT2D eigenvalue weighted by Crippen LogP contribution is 2.27. The number of H-pyrrole nitrogens is 1. The van der Waals surface area contributed by atoms with Gasteiger partial charge in [-0.2, -0.15) is 0 Å². The molecule has 0 unspecified atom stereocenters. The molecule has 5 nitrogen and oxygen atoms in total. The third kappa shape index (κ3) is 3.18. The Morgan fingerprint density at radius 1 is 1.17 bits per heavy atom. The minimum absolute atomic E-state index is 0.250. The predicted molar refractivity (Wildman–Crippen MR) is 94.0 cm³/mol. The van der Waals surface area contributed by atoms with Crippen LogP contribution in [0.5, 0.6) is 0 Å². The summed E-state index contributed by atoms with van der Waals surface area (Å²) in [6.07, 6.45) is 1.64. The van der Waals surface area contributed by atoms with Gasteiger partial charge in [0.25, 0.3) is 0 Å². The molecule has 0 aliphatic carbocycles. The Morgan fingerprint density at radius 2 is 2.00 bits per heavy atom. The molecule has 0 bridgehead atoms.